The van der Waals surface area contributed by atoms with Gasteiger partial charge in [-0.25, -0.2) is 0 Å². The van der Waals surface area contributed by atoms with Crippen LogP contribution in [0.5, 0.6) is 0 Å². The van der Waals surface area contributed by atoms with Crippen molar-refractivity contribution in [3.63, 3.8) is 0 Å². The Bertz CT molecular complexity index is 517. The molecule has 4 rings (SSSR count). The topological polar surface area (TPSA) is 28.4 Å². The van der Waals surface area contributed by atoms with Crippen LogP contribution in [0.15, 0.2) is 34.7 Å². The maximum atomic E-state index is 5.89. The Morgan fingerprint density at radius 3 is 2.72 bits per heavy atom. The zero-order chi connectivity index (χ0) is 11.9. The van der Waals surface area contributed by atoms with Gasteiger partial charge in [0.05, 0.1) is 6.54 Å². The molecule has 3 nitrogen and oxygen atoms in total. The fourth-order valence-electron chi connectivity index (χ4n) is 3.42. The summed E-state index contributed by atoms with van der Waals surface area (Å²) in [6, 6.07) is 10.4. The Kier molecular flexibility index (Phi) is 2.42. The molecule has 0 unspecified atom stereocenters. The summed E-state index contributed by atoms with van der Waals surface area (Å²) in [6.45, 7) is 5.79. The first-order valence-corrected chi connectivity index (χ1v) is 6.79. The molecule has 0 radical (unpaired) electrons. The summed E-state index contributed by atoms with van der Waals surface area (Å²) in [5, 5.41) is 4.70. The minimum atomic E-state index is 0.856. The summed E-state index contributed by atoms with van der Waals surface area (Å²) in [5.41, 5.74) is 1.01. The molecule has 18 heavy (non-hydrogen) atoms. The summed E-state index contributed by atoms with van der Waals surface area (Å²) in [7, 11) is 0. The Morgan fingerprint density at radius 2 is 1.94 bits per heavy atom. The second kappa shape index (κ2) is 4.11. The summed E-state index contributed by atoms with van der Waals surface area (Å²) < 4.78 is 5.89. The molecule has 1 aromatic heterocycles. The lowest BCUT2D eigenvalue weighted by Gasteiger charge is -2.14. The highest BCUT2D eigenvalue weighted by molar-refractivity contribution is 5.77. The smallest absolute Gasteiger partial charge is 0.134 e. The van der Waals surface area contributed by atoms with Crippen molar-refractivity contribution in [2.24, 2.45) is 11.8 Å². The summed E-state index contributed by atoms with van der Waals surface area (Å²) in [4.78, 5) is 2.54. The van der Waals surface area contributed by atoms with Gasteiger partial charge in [0.1, 0.15) is 11.3 Å². The number of para-hydroxylation sites is 1. The van der Waals surface area contributed by atoms with E-state index < -0.39 is 0 Å². The van der Waals surface area contributed by atoms with Crippen molar-refractivity contribution < 1.29 is 4.42 Å². The fourth-order valence-corrected chi connectivity index (χ4v) is 3.42. The monoisotopic (exact) mass is 242 g/mol. The molecule has 2 aliphatic heterocycles. The van der Waals surface area contributed by atoms with Gasteiger partial charge in [0.25, 0.3) is 0 Å². The first-order chi connectivity index (χ1) is 8.88. The van der Waals surface area contributed by atoms with Gasteiger partial charge in [-0.2, -0.15) is 0 Å². The van der Waals surface area contributed by atoms with Crippen molar-refractivity contribution in [2.45, 2.75) is 6.54 Å². The van der Waals surface area contributed by atoms with Crippen molar-refractivity contribution >= 4 is 11.0 Å². The number of nitrogens with zero attached hydrogens (tertiary/aromatic N) is 1. The van der Waals surface area contributed by atoms with E-state index in [2.05, 4.69) is 28.4 Å². The molecule has 3 heteroatoms. The third-order valence-corrected chi connectivity index (χ3v) is 4.32. The van der Waals surface area contributed by atoms with Crippen LogP contribution < -0.4 is 5.32 Å². The lowest BCUT2D eigenvalue weighted by molar-refractivity contribution is 0.281. The van der Waals surface area contributed by atoms with Gasteiger partial charge in [-0.1, -0.05) is 18.2 Å². The number of likely N-dealkylation sites (tertiary alicyclic amines) is 1. The van der Waals surface area contributed by atoms with E-state index in [0.717, 1.165) is 29.7 Å². The van der Waals surface area contributed by atoms with E-state index in [1.807, 2.05) is 12.1 Å². The predicted molar refractivity (Wildman–Crippen MR) is 71.3 cm³/mol. The standard InChI is InChI=1S/C15H18N2O/c1-2-4-15-11(3-1)5-14(18-15)10-17-8-12-6-16-7-13(12)9-17/h1-5,12-13,16H,6-10H2/t12-,13+. The average molecular weight is 242 g/mol. The second-order valence-electron chi connectivity index (χ2n) is 5.62. The van der Waals surface area contributed by atoms with Crippen LogP contribution in [-0.4, -0.2) is 31.1 Å². The van der Waals surface area contributed by atoms with Crippen molar-refractivity contribution in [2.75, 3.05) is 26.2 Å². The normalized spacial score (nSPS) is 28.0. The number of hydrogen-bond donors (Lipinski definition) is 1. The minimum absolute atomic E-state index is 0.856. The van der Waals surface area contributed by atoms with Crippen molar-refractivity contribution in [3.05, 3.63) is 36.1 Å². The Labute approximate surface area is 107 Å². The highest BCUT2D eigenvalue weighted by Crippen LogP contribution is 2.28. The zero-order valence-corrected chi connectivity index (χ0v) is 10.4. The molecule has 0 saturated carbocycles. The van der Waals surface area contributed by atoms with E-state index in [4.69, 9.17) is 4.42 Å². The number of fused-ring (bicyclic) bond motifs is 2. The largest absolute Gasteiger partial charge is 0.460 e. The van der Waals surface area contributed by atoms with E-state index in [1.54, 1.807) is 0 Å². The molecule has 0 amide bonds. The molecule has 0 aliphatic carbocycles. The van der Waals surface area contributed by atoms with E-state index >= 15 is 0 Å². The van der Waals surface area contributed by atoms with Crippen LogP contribution in [0.25, 0.3) is 11.0 Å². The van der Waals surface area contributed by atoms with Gasteiger partial charge in [0, 0.05) is 18.5 Å². The lowest BCUT2D eigenvalue weighted by atomic mass is 10.0. The second-order valence-corrected chi connectivity index (χ2v) is 5.62. The molecule has 1 aromatic carbocycles. The molecule has 1 N–H and O–H groups in total. The quantitative estimate of drug-likeness (QED) is 0.874. The molecular formula is C15H18N2O. The van der Waals surface area contributed by atoms with Crippen LogP contribution in [0, 0.1) is 11.8 Å². The highest BCUT2D eigenvalue weighted by Gasteiger charge is 2.36. The van der Waals surface area contributed by atoms with E-state index in [9.17, 15) is 0 Å². The number of rotatable bonds is 2. The SMILES string of the molecule is c1ccc2oc(CN3C[C@H]4CNC[C@H]4C3)cc2c1. The van der Waals surface area contributed by atoms with Crippen LogP contribution in [-0.2, 0) is 6.54 Å². The van der Waals surface area contributed by atoms with Crippen molar-refractivity contribution in [1.82, 2.24) is 10.2 Å². The third kappa shape index (κ3) is 1.74. The third-order valence-electron chi connectivity index (χ3n) is 4.32. The van der Waals surface area contributed by atoms with E-state index in [0.29, 0.717) is 0 Å². The van der Waals surface area contributed by atoms with Gasteiger partial charge in [-0.05, 0) is 37.1 Å². The van der Waals surface area contributed by atoms with Gasteiger partial charge in [-0.3, -0.25) is 4.90 Å². The van der Waals surface area contributed by atoms with Gasteiger partial charge < -0.3 is 9.73 Å². The molecule has 2 fully saturated rings. The Balaban J connectivity index is 1.51. The van der Waals surface area contributed by atoms with Gasteiger partial charge in [0.2, 0.25) is 0 Å². The predicted octanol–water partition coefficient (Wildman–Crippen LogP) is 2.08. The number of furan rings is 1. The molecule has 0 bridgehead atoms. The first-order valence-electron chi connectivity index (χ1n) is 6.79. The summed E-state index contributed by atoms with van der Waals surface area (Å²) >= 11 is 0. The van der Waals surface area contributed by atoms with Gasteiger partial charge in [0.15, 0.2) is 0 Å². The van der Waals surface area contributed by atoms with Gasteiger partial charge >= 0.3 is 0 Å². The average Bonchev–Trinajstić information content (AvgIpc) is 3.01. The van der Waals surface area contributed by atoms with Gasteiger partial charge in [-0.15, -0.1) is 0 Å². The number of hydrogen-bond acceptors (Lipinski definition) is 3. The van der Waals surface area contributed by atoms with Crippen LogP contribution >= 0.6 is 0 Å². The van der Waals surface area contributed by atoms with E-state index in [-0.39, 0.29) is 0 Å². The number of nitrogens with one attached hydrogen (secondary N) is 1. The van der Waals surface area contributed by atoms with Crippen LogP contribution in [0.1, 0.15) is 5.76 Å². The molecular weight excluding hydrogens is 224 g/mol. The molecule has 2 aliphatic rings. The zero-order valence-electron chi connectivity index (χ0n) is 10.4. The van der Waals surface area contributed by atoms with Crippen LogP contribution in [0.3, 0.4) is 0 Å². The molecule has 3 heterocycles. The lowest BCUT2D eigenvalue weighted by Crippen LogP contribution is -2.25. The molecule has 94 valence electrons. The summed E-state index contributed by atoms with van der Waals surface area (Å²) in [6.07, 6.45) is 0. The van der Waals surface area contributed by atoms with Crippen LogP contribution in [0.2, 0.25) is 0 Å². The van der Waals surface area contributed by atoms with Crippen molar-refractivity contribution in [1.29, 1.82) is 0 Å². The Morgan fingerprint density at radius 1 is 1.17 bits per heavy atom. The number of benzene rings is 1. The minimum Gasteiger partial charge on any atom is -0.460 e. The first kappa shape index (κ1) is 10.6. The molecule has 2 saturated heterocycles. The molecule has 0 spiro atoms. The maximum Gasteiger partial charge on any atom is 0.134 e. The van der Waals surface area contributed by atoms with Crippen molar-refractivity contribution in [3.8, 4) is 0 Å². The van der Waals surface area contributed by atoms with E-state index in [1.165, 1.54) is 31.6 Å². The molecule has 2 atom stereocenters. The molecule has 2 aromatic rings. The maximum absolute atomic E-state index is 5.89. The summed E-state index contributed by atoms with van der Waals surface area (Å²) in [5.74, 6) is 2.81. The van der Waals surface area contributed by atoms with Crippen LogP contribution in [0.4, 0.5) is 0 Å². The highest BCUT2D eigenvalue weighted by atomic mass is 16.3. The fraction of sp³-hybridized carbons (Fsp3) is 0.467. The Hall–Kier alpha value is -1.32.